The monoisotopic (exact) mass is 305 g/mol. The van der Waals surface area contributed by atoms with Crippen LogP contribution in [0.15, 0.2) is 0 Å². The highest BCUT2D eigenvalue weighted by atomic mass is 32.2. The van der Waals surface area contributed by atoms with Gasteiger partial charge in [-0.3, -0.25) is 0 Å². The number of hydrogen-bond acceptors (Lipinski definition) is 3. The molecule has 0 aliphatic rings. The lowest BCUT2D eigenvalue weighted by atomic mass is 9.82. The molecule has 0 bridgehead atoms. The highest BCUT2D eigenvalue weighted by molar-refractivity contribution is 7.90. The summed E-state index contributed by atoms with van der Waals surface area (Å²) in [4.78, 5) is 0. The summed E-state index contributed by atoms with van der Waals surface area (Å²) in [6.07, 6.45) is 6.52. The zero-order chi connectivity index (χ0) is 15.8. The van der Waals surface area contributed by atoms with Crippen LogP contribution in [-0.2, 0) is 9.84 Å². The molecule has 122 valence electrons. The molecule has 0 spiro atoms. The smallest absolute Gasteiger partial charge is 0.147 e. The average Bonchev–Trinajstić information content (AvgIpc) is 2.21. The van der Waals surface area contributed by atoms with Crippen molar-refractivity contribution >= 4 is 9.84 Å². The molecular weight excluding hydrogens is 270 g/mol. The molecule has 0 saturated heterocycles. The zero-order valence-corrected chi connectivity index (χ0v) is 15.1. The van der Waals surface area contributed by atoms with Crippen LogP contribution in [0, 0.1) is 11.3 Å². The molecule has 0 aromatic heterocycles. The van der Waals surface area contributed by atoms with E-state index in [4.69, 9.17) is 0 Å². The third-order valence-corrected chi connectivity index (χ3v) is 4.43. The first-order chi connectivity index (χ1) is 9.03. The van der Waals surface area contributed by atoms with Crippen LogP contribution in [0.25, 0.3) is 0 Å². The van der Waals surface area contributed by atoms with Crippen molar-refractivity contribution < 1.29 is 8.42 Å². The van der Waals surface area contributed by atoms with Crippen LogP contribution in [-0.4, -0.2) is 33.0 Å². The second kappa shape index (κ2) is 9.04. The van der Waals surface area contributed by atoms with E-state index >= 15 is 0 Å². The second-order valence-electron chi connectivity index (χ2n) is 7.53. The summed E-state index contributed by atoms with van der Waals surface area (Å²) in [7, 11) is -2.83. The molecule has 2 unspecified atom stereocenters. The van der Waals surface area contributed by atoms with Crippen molar-refractivity contribution in [2.75, 3.05) is 18.6 Å². The Morgan fingerprint density at radius 1 is 1.20 bits per heavy atom. The highest BCUT2D eigenvalue weighted by Crippen LogP contribution is 2.27. The zero-order valence-electron chi connectivity index (χ0n) is 14.3. The van der Waals surface area contributed by atoms with Gasteiger partial charge < -0.3 is 5.32 Å². The first-order valence-corrected chi connectivity index (χ1v) is 10.0. The Labute approximate surface area is 126 Å². The van der Waals surface area contributed by atoms with Gasteiger partial charge in [-0.1, -0.05) is 34.6 Å². The van der Waals surface area contributed by atoms with Gasteiger partial charge in [0.15, 0.2) is 0 Å². The molecule has 20 heavy (non-hydrogen) atoms. The normalized spacial score (nSPS) is 16.1. The predicted molar refractivity (Wildman–Crippen MR) is 88.9 cm³/mol. The van der Waals surface area contributed by atoms with Crippen molar-refractivity contribution in [3.05, 3.63) is 0 Å². The quantitative estimate of drug-likeness (QED) is 0.670. The Bertz CT molecular complexity index is 344. The van der Waals surface area contributed by atoms with Crippen LogP contribution in [0.5, 0.6) is 0 Å². The van der Waals surface area contributed by atoms with Crippen molar-refractivity contribution in [3.63, 3.8) is 0 Å². The summed E-state index contributed by atoms with van der Waals surface area (Å²) in [6.45, 7) is 12.3. The molecule has 2 atom stereocenters. The summed E-state index contributed by atoms with van der Waals surface area (Å²) < 4.78 is 22.4. The molecule has 0 aromatic rings. The maximum Gasteiger partial charge on any atom is 0.147 e. The topological polar surface area (TPSA) is 46.2 Å². The Hall–Kier alpha value is -0.0900. The lowest BCUT2D eigenvalue weighted by Gasteiger charge is -2.27. The lowest BCUT2D eigenvalue weighted by Crippen LogP contribution is -2.32. The Balaban J connectivity index is 4.26. The van der Waals surface area contributed by atoms with Crippen molar-refractivity contribution in [1.29, 1.82) is 0 Å². The third kappa shape index (κ3) is 12.9. The largest absolute Gasteiger partial charge is 0.314 e. The maximum atomic E-state index is 11.2. The minimum Gasteiger partial charge on any atom is -0.314 e. The van der Waals surface area contributed by atoms with Crippen LogP contribution in [0.1, 0.15) is 66.7 Å². The predicted octanol–water partition coefficient (Wildman–Crippen LogP) is 3.64. The minimum absolute atomic E-state index is 0.310. The molecule has 0 fully saturated rings. The van der Waals surface area contributed by atoms with Gasteiger partial charge in [-0.25, -0.2) is 8.42 Å². The molecular formula is C16H35NO2S. The molecule has 0 heterocycles. The van der Waals surface area contributed by atoms with Gasteiger partial charge in [0.25, 0.3) is 0 Å². The summed E-state index contributed by atoms with van der Waals surface area (Å²) >= 11 is 0. The fourth-order valence-electron chi connectivity index (χ4n) is 2.86. The van der Waals surface area contributed by atoms with Gasteiger partial charge in [-0.2, -0.15) is 0 Å². The van der Waals surface area contributed by atoms with E-state index in [2.05, 4.69) is 39.9 Å². The van der Waals surface area contributed by atoms with Gasteiger partial charge in [0.2, 0.25) is 0 Å². The molecule has 0 aliphatic carbocycles. The van der Waals surface area contributed by atoms with Crippen molar-refractivity contribution in [2.24, 2.45) is 11.3 Å². The summed E-state index contributed by atoms with van der Waals surface area (Å²) in [6, 6.07) is 0.453. The van der Waals surface area contributed by atoms with Gasteiger partial charge in [0.05, 0.1) is 0 Å². The van der Waals surface area contributed by atoms with E-state index in [1.807, 2.05) is 0 Å². The molecule has 3 nitrogen and oxygen atoms in total. The molecule has 0 aromatic carbocycles. The lowest BCUT2D eigenvalue weighted by molar-refractivity contribution is 0.270. The van der Waals surface area contributed by atoms with Crippen LogP contribution in [0.2, 0.25) is 0 Å². The maximum absolute atomic E-state index is 11.2. The van der Waals surface area contributed by atoms with Crippen molar-refractivity contribution in [3.8, 4) is 0 Å². The van der Waals surface area contributed by atoms with Gasteiger partial charge in [-0.15, -0.1) is 0 Å². The minimum atomic E-state index is -2.83. The number of hydrogen-bond donors (Lipinski definition) is 1. The van der Waals surface area contributed by atoms with Gasteiger partial charge in [-0.05, 0) is 50.0 Å². The molecule has 0 aliphatic heterocycles. The molecule has 0 saturated carbocycles. The highest BCUT2D eigenvalue weighted by Gasteiger charge is 2.19. The molecule has 0 radical (unpaired) electrons. The Kier molecular flexibility index (Phi) is 8.99. The first kappa shape index (κ1) is 19.9. The van der Waals surface area contributed by atoms with Gasteiger partial charge in [0, 0.05) is 18.1 Å². The summed E-state index contributed by atoms with van der Waals surface area (Å²) in [5.41, 5.74) is 0.363. The van der Waals surface area contributed by atoms with E-state index < -0.39 is 9.84 Å². The number of nitrogens with one attached hydrogen (secondary N) is 1. The van der Waals surface area contributed by atoms with Crippen LogP contribution in [0.3, 0.4) is 0 Å². The molecule has 0 rings (SSSR count). The average molecular weight is 306 g/mol. The van der Waals surface area contributed by atoms with E-state index in [9.17, 15) is 8.42 Å². The van der Waals surface area contributed by atoms with Crippen LogP contribution in [0.4, 0.5) is 0 Å². The van der Waals surface area contributed by atoms with E-state index in [-0.39, 0.29) is 0 Å². The Morgan fingerprint density at radius 3 is 2.25 bits per heavy atom. The number of sulfone groups is 1. The van der Waals surface area contributed by atoms with E-state index in [0.29, 0.717) is 23.1 Å². The van der Waals surface area contributed by atoms with E-state index in [1.54, 1.807) is 0 Å². The number of rotatable bonds is 10. The van der Waals surface area contributed by atoms with Gasteiger partial charge in [0.1, 0.15) is 9.84 Å². The van der Waals surface area contributed by atoms with E-state index in [0.717, 1.165) is 32.2 Å². The molecule has 1 N–H and O–H groups in total. The van der Waals surface area contributed by atoms with Crippen LogP contribution >= 0.6 is 0 Å². The standard InChI is InChI=1S/C16H35NO2S/c1-7-10-17-15(9-8-11-20(6,18)19)12-14(2)13-16(3,4)5/h14-15,17H,7-13H2,1-6H3. The van der Waals surface area contributed by atoms with Crippen molar-refractivity contribution in [1.82, 2.24) is 5.32 Å². The van der Waals surface area contributed by atoms with Crippen molar-refractivity contribution in [2.45, 2.75) is 72.8 Å². The summed E-state index contributed by atoms with van der Waals surface area (Å²) in [5, 5.41) is 3.58. The third-order valence-electron chi connectivity index (χ3n) is 3.40. The first-order valence-electron chi connectivity index (χ1n) is 7.94. The molecule has 4 heteroatoms. The fraction of sp³-hybridized carbons (Fsp3) is 1.00. The fourth-order valence-corrected chi connectivity index (χ4v) is 3.55. The van der Waals surface area contributed by atoms with Gasteiger partial charge >= 0.3 is 0 Å². The van der Waals surface area contributed by atoms with Crippen LogP contribution < -0.4 is 5.32 Å². The second-order valence-corrected chi connectivity index (χ2v) is 9.79. The molecule has 0 amide bonds. The summed E-state index contributed by atoms with van der Waals surface area (Å²) in [5.74, 6) is 0.980. The Morgan fingerprint density at radius 2 is 1.80 bits per heavy atom. The SMILES string of the molecule is CCCNC(CCCS(C)(=O)=O)CC(C)CC(C)(C)C. The van der Waals surface area contributed by atoms with E-state index in [1.165, 1.54) is 12.7 Å².